The van der Waals surface area contributed by atoms with Gasteiger partial charge in [0.15, 0.2) is 0 Å². The fourth-order valence-corrected chi connectivity index (χ4v) is 1.84. The highest BCUT2D eigenvalue weighted by Crippen LogP contribution is 2.20. The Bertz CT molecular complexity index is 333. The molecule has 17 heavy (non-hydrogen) atoms. The third kappa shape index (κ3) is 4.49. The van der Waals surface area contributed by atoms with Crippen molar-refractivity contribution in [2.75, 3.05) is 6.61 Å². The number of hydrogen-bond acceptors (Lipinski definition) is 2. The SMILES string of the molecule is CCCCOCc1ccccc1CNC1CC1. The van der Waals surface area contributed by atoms with Crippen LogP contribution in [0.15, 0.2) is 24.3 Å². The zero-order valence-electron chi connectivity index (χ0n) is 10.7. The highest BCUT2D eigenvalue weighted by Gasteiger charge is 2.20. The molecule has 2 heteroatoms. The number of rotatable bonds is 8. The standard InChI is InChI=1S/C15H23NO/c1-2-3-10-17-12-14-7-5-4-6-13(14)11-16-15-8-9-15/h4-7,15-16H,2-3,8-12H2,1H3. The van der Waals surface area contributed by atoms with Crippen molar-refractivity contribution >= 4 is 0 Å². The summed E-state index contributed by atoms with van der Waals surface area (Å²) in [6, 6.07) is 9.35. The maximum absolute atomic E-state index is 5.70. The molecule has 1 N–H and O–H groups in total. The second-order valence-electron chi connectivity index (χ2n) is 4.83. The van der Waals surface area contributed by atoms with Crippen molar-refractivity contribution in [3.8, 4) is 0 Å². The van der Waals surface area contributed by atoms with Crippen LogP contribution in [0.2, 0.25) is 0 Å². The van der Waals surface area contributed by atoms with Gasteiger partial charge in [0.1, 0.15) is 0 Å². The molecule has 0 bridgehead atoms. The van der Waals surface area contributed by atoms with Gasteiger partial charge in [0, 0.05) is 19.2 Å². The lowest BCUT2D eigenvalue weighted by atomic mass is 10.1. The topological polar surface area (TPSA) is 21.3 Å². The first-order chi connectivity index (χ1) is 8.40. The van der Waals surface area contributed by atoms with Crippen LogP contribution >= 0.6 is 0 Å². The minimum atomic E-state index is 0.752. The van der Waals surface area contributed by atoms with Gasteiger partial charge in [-0.3, -0.25) is 0 Å². The van der Waals surface area contributed by atoms with Crippen molar-refractivity contribution in [3.05, 3.63) is 35.4 Å². The van der Waals surface area contributed by atoms with E-state index >= 15 is 0 Å². The molecule has 0 heterocycles. The van der Waals surface area contributed by atoms with Crippen LogP contribution in [0.4, 0.5) is 0 Å². The molecule has 0 aromatic heterocycles. The van der Waals surface area contributed by atoms with Crippen LogP contribution in [0.1, 0.15) is 43.7 Å². The third-order valence-electron chi connectivity index (χ3n) is 3.18. The van der Waals surface area contributed by atoms with E-state index in [0.29, 0.717) is 0 Å². The molecule has 0 aliphatic heterocycles. The monoisotopic (exact) mass is 233 g/mol. The maximum Gasteiger partial charge on any atom is 0.0720 e. The number of ether oxygens (including phenoxy) is 1. The Morgan fingerprint density at radius 2 is 2.00 bits per heavy atom. The van der Waals surface area contributed by atoms with Gasteiger partial charge in [-0.15, -0.1) is 0 Å². The second-order valence-corrected chi connectivity index (χ2v) is 4.83. The fraction of sp³-hybridized carbons (Fsp3) is 0.600. The molecule has 1 fully saturated rings. The lowest BCUT2D eigenvalue weighted by Gasteiger charge is -2.10. The van der Waals surface area contributed by atoms with Gasteiger partial charge in [0.2, 0.25) is 0 Å². The Balaban J connectivity index is 1.80. The van der Waals surface area contributed by atoms with Crippen LogP contribution in [-0.2, 0) is 17.9 Å². The molecule has 94 valence electrons. The summed E-state index contributed by atoms with van der Waals surface area (Å²) >= 11 is 0. The van der Waals surface area contributed by atoms with Crippen molar-refractivity contribution in [2.24, 2.45) is 0 Å². The molecule has 1 aromatic rings. The van der Waals surface area contributed by atoms with Crippen LogP contribution in [-0.4, -0.2) is 12.6 Å². The summed E-state index contributed by atoms with van der Waals surface area (Å²) in [6.07, 6.45) is 5.04. The lowest BCUT2D eigenvalue weighted by Crippen LogP contribution is -2.16. The van der Waals surface area contributed by atoms with Gasteiger partial charge in [-0.2, -0.15) is 0 Å². The number of nitrogens with one attached hydrogen (secondary N) is 1. The molecule has 1 aliphatic rings. The Labute approximate surface area is 104 Å². The maximum atomic E-state index is 5.70. The zero-order valence-corrected chi connectivity index (χ0v) is 10.7. The average molecular weight is 233 g/mol. The zero-order chi connectivity index (χ0) is 11.9. The van der Waals surface area contributed by atoms with Gasteiger partial charge in [0.05, 0.1) is 6.61 Å². The summed E-state index contributed by atoms with van der Waals surface area (Å²) < 4.78 is 5.70. The van der Waals surface area contributed by atoms with E-state index in [1.165, 1.54) is 30.4 Å². The Kier molecular flexibility index (Phi) is 5.02. The van der Waals surface area contributed by atoms with Gasteiger partial charge in [-0.25, -0.2) is 0 Å². The molecule has 0 unspecified atom stereocenters. The highest BCUT2D eigenvalue weighted by atomic mass is 16.5. The smallest absolute Gasteiger partial charge is 0.0720 e. The van der Waals surface area contributed by atoms with E-state index in [9.17, 15) is 0 Å². The van der Waals surface area contributed by atoms with E-state index in [-0.39, 0.29) is 0 Å². The van der Waals surface area contributed by atoms with Crippen LogP contribution in [0.5, 0.6) is 0 Å². The predicted octanol–water partition coefficient (Wildman–Crippen LogP) is 3.26. The summed E-state index contributed by atoms with van der Waals surface area (Å²) in [4.78, 5) is 0. The molecular weight excluding hydrogens is 210 g/mol. The van der Waals surface area contributed by atoms with Crippen LogP contribution < -0.4 is 5.32 Å². The Morgan fingerprint density at radius 3 is 2.71 bits per heavy atom. The molecule has 1 aliphatic carbocycles. The number of benzene rings is 1. The molecule has 0 spiro atoms. The fourth-order valence-electron chi connectivity index (χ4n) is 1.84. The third-order valence-corrected chi connectivity index (χ3v) is 3.18. The van der Waals surface area contributed by atoms with Crippen LogP contribution in [0.25, 0.3) is 0 Å². The van der Waals surface area contributed by atoms with E-state index < -0.39 is 0 Å². The van der Waals surface area contributed by atoms with E-state index in [2.05, 4.69) is 36.5 Å². The van der Waals surface area contributed by atoms with E-state index in [4.69, 9.17) is 4.74 Å². The van der Waals surface area contributed by atoms with Crippen molar-refractivity contribution < 1.29 is 4.74 Å². The first-order valence-corrected chi connectivity index (χ1v) is 6.78. The lowest BCUT2D eigenvalue weighted by molar-refractivity contribution is 0.117. The minimum Gasteiger partial charge on any atom is -0.377 e. The van der Waals surface area contributed by atoms with Crippen molar-refractivity contribution in [1.29, 1.82) is 0 Å². The molecule has 0 atom stereocenters. The van der Waals surface area contributed by atoms with E-state index in [1.807, 2.05) is 0 Å². The summed E-state index contributed by atoms with van der Waals surface area (Å²) in [5.41, 5.74) is 2.72. The first kappa shape index (κ1) is 12.6. The van der Waals surface area contributed by atoms with Gasteiger partial charge < -0.3 is 10.1 Å². The molecule has 0 radical (unpaired) electrons. The largest absolute Gasteiger partial charge is 0.377 e. The normalized spacial score (nSPS) is 15.1. The van der Waals surface area contributed by atoms with Crippen LogP contribution in [0.3, 0.4) is 0 Å². The van der Waals surface area contributed by atoms with Gasteiger partial charge in [-0.1, -0.05) is 37.6 Å². The number of unbranched alkanes of at least 4 members (excludes halogenated alkanes) is 1. The van der Waals surface area contributed by atoms with Gasteiger partial charge >= 0.3 is 0 Å². The summed E-state index contributed by atoms with van der Waals surface area (Å²) in [5, 5.41) is 3.56. The van der Waals surface area contributed by atoms with Crippen molar-refractivity contribution in [3.63, 3.8) is 0 Å². The van der Waals surface area contributed by atoms with Gasteiger partial charge in [0.25, 0.3) is 0 Å². The highest BCUT2D eigenvalue weighted by molar-refractivity contribution is 5.26. The Morgan fingerprint density at radius 1 is 1.24 bits per heavy atom. The van der Waals surface area contributed by atoms with E-state index in [0.717, 1.165) is 32.2 Å². The molecule has 1 aromatic carbocycles. The summed E-state index contributed by atoms with van der Waals surface area (Å²) in [6.45, 7) is 4.80. The molecule has 1 saturated carbocycles. The molecular formula is C15H23NO. The molecule has 0 amide bonds. The van der Waals surface area contributed by atoms with Crippen molar-refractivity contribution in [2.45, 2.75) is 51.8 Å². The predicted molar refractivity (Wildman–Crippen MR) is 70.9 cm³/mol. The Hall–Kier alpha value is -0.860. The quantitative estimate of drug-likeness (QED) is 0.696. The second kappa shape index (κ2) is 6.77. The average Bonchev–Trinajstić information content (AvgIpc) is 3.17. The summed E-state index contributed by atoms with van der Waals surface area (Å²) in [5.74, 6) is 0. The summed E-state index contributed by atoms with van der Waals surface area (Å²) in [7, 11) is 0. The molecule has 2 nitrogen and oxygen atoms in total. The molecule has 2 rings (SSSR count). The molecule has 0 saturated heterocycles. The van der Waals surface area contributed by atoms with Crippen LogP contribution in [0, 0.1) is 0 Å². The van der Waals surface area contributed by atoms with E-state index in [1.54, 1.807) is 0 Å². The minimum absolute atomic E-state index is 0.752. The van der Waals surface area contributed by atoms with Gasteiger partial charge in [-0.05, 0) is 30.4 Å². The first-order valence-electron chi connectivity index (χ1n) is 6.78. The number of hydrogen-bond donors (Lipinski definition) is 1. The van der Waals surface area contributed by atoms with Crippen molar-refractivity contribution in [1.82, 2.24) is 5.32 Å².